The molecule has 1 aromatic heterocycles. The van der Waals surface area contributed by atoms with Crippen molar-refractivity contribution >= 4 is 11.7 Å². The first-order valence-electron chi connectivity index (χ1n) is 10.4. The first kappa shape index (κ1) is 25.0. The van der Waals surface area contributed by atoms with E-state index in [-0.39, 0.29) is 24.3 Å². The molecule has 0 radical (unpaired) electrons. The van der Waals surface area contributed by atoms with E-state index < -0.39 is 23.9 Å². The van der Waals surface area contributed by atoms with E-state index in [2.05, 4.69) is 20.8 Å². The smallest absolute Gasteiger partial charge is 0.416 e. The fourth-order valence-corrected chi connectivity index (χ4v) is 2.75. The summed E-state index contributed by atoms with van der Waals surface area (Å²) < 4.78 is 48.7. The molecular formula is C23H25F3N4O4. The number of hydrogen-bond acceptors (Lipinski definition) is 6. The van der Waals surface area contributed by atoms with Crippen molar-refractivity contribution in [2.45, 2.75) is 38.5 Å². The normalized spacial score (nSPS) is 12.8. The Morgan fingerprint density at radius 3 is 2.47 bits per heavy atom. The summed E-state index contributed by atoms with van der Waals surface area (Å²) in [6.07, 6.45) is -5.62. The van der Waals surface area contributed by atoms with Gasteiger partial charge in [0.15, 0.2) is 0 Å². The molecule has 3 rings (SSSR count). The number of aromatic nitrogens is 2. The summed E-state index contributed by atoms with van der Waals surface area (Å²) >= 11 is 0. The number of hydrogen-bond donors (Lipinski definition) is 3. The summed E-state index contributed by atoms with van der Waals surface area (Å²) in [6, 6.07) is 10.5. The summed E-state index contributed by atoms with van der Waals surface area (Å²) in [4.78, 5) is 16.5. The van der Waals surface area contributed by atoms with Crippen LogP contribution in [0.4, 0.5) is 23.7 Å². The van der Waals surface area contributed by atoms with Crippen LogP contribution >= 0.6 is 0 Å². The summed E-state index contributed by atoms with van der Waals surface area (Å²) in [6.45, 7) is 5.43. The Hall–Kier alpha value is -3.60. The maximum atomic E-state index is 12.7. The zero-order chi connectivity index (χ0) is 24.9. The lowest BCUT2D eigenvalue weighted by molar-refractivity contribution is -0.137. The Bertz CT molecular complexity index is 1110. The molecule has 0 aliphatic carbocycles. The third kappa shape index (κ3) is 6.95. The van der Waals surface area contributed by atoms with E-state index >= 15 is 0 Å². The zero-order valence-electron chi connectivity index (χ0n) is 18.8. The lowest BCUT2D eigenvalue weighted by Crippen LogP contribution is -2.37. The van der Waals surface area contributed by atoms with Gasteiger partial charge in [-0.3, -0.25) is 0 Å². The Morgan fingerprint density at radius 1 is 1.15 bits per heavy atom. The number of aliphatic hydroxyl groups excluding tert-OH is 1. The van der Waals surface area contributed by atoms with Crippen molar-refractivity contribution in [2.75, 3.05) is 18.5 Å². The van der Waals surface area contributed by atoms with Crippen LogP contribution in [0.3, 0.4) is 0 Å². The van der Waals surface area contributed by atoms with E-state index in [4.69, 9.17) is 9.26 Å². The van der Waals surface area contributed by atoms with Crippen molar-refractivity contribution < 1.29 is 32.3 Å². The number of anilines is 1. The van der Waals surface area contributed by atoms with E-state index in [0.717, 1.165) is 12.1 Å². The SMILES string of the molecule is CC(C)(C)c1nc(-c2ccc(NC(=O)NCC(O)COc3cccc(C(F)(F)F)c3)cc2)no1. The van der Waals surface area contributed by atoms with Crippen molar-refractivity contribution in [3.8, 4) is 17.1 Å². The van der Waals surface area contributed by atoms with Crippen LogP contribution in [0.5, 0.6) is 5.75 Å². The van der Waals surface area contributed by atoms with Crippen LogP contribution in [0.25, 0.3) is 11.4 Å². The first-order valence-corrected chi connectivity index (χ1v) is 10.4. The van der Waals surface area contributed by atoms with Gasteiger partial charge in [0.25, 0.3) is 0 Å². The van der Waals surface area contributed by atoms with Gasteiger partial charge >= 0.3 is 12.2 Å². The molecule has 0 saturated heterocycles. The second-order valence-corrected chi connectivity index (χ2v) is 8.58. The van der Waals surface area contributed by atoms with Gasteiger partial charge in [0.1, 0.15) is 18.5 Å². The second-order valence-electron chi connectivity index (χ2n) is 8.58. The largest absolute Gasteiger partial charge is 0.491 e. The summed E-state index contributed by atoms with van der Waals surface area (Å²) in [7, 11) is 0. The number of amides is 2. The van der Waals surface area contributed by atoms with Crippen LogP contribution in [0.2, 0.25) is 0 Å². The van der Waals surface area contributed by atoms with Gasteiger partial charge in [-0.15, -0.1) is 0 Å². The minimum atomic E-state index is -4.49. The number of benzene rings is 2. The highest BCUT2D eigenvalue weighted by Crippen LogP contribution is 2.31. The number of nitrogens with one attached hydrogen (secondary N) is 2. The van der Waals surface area contributed by atoms with Gasteiger partial charge in [0.2, 0.25) is 11.7 Å². The Labute approximate surface area is 194 Å². The summed E-state index contributed by atoms with van der Waals surface area (Å²) in [5.41, 5.74) is 0.0907. The number of carbonyl (C=O) groups excluding carboxylic acids is 1. The molecule has 3 N–H and O–H groups in total. The predicted octanol–water partition coefficient (Wildman–Crippen LogP) is 4.61. The van der Waals surface area contributed by atoms with Gasteiger partial charge in [-0.1, -0.05) is 32.0 Å². The van der Waals surface area contributed by atoms with Crippen molar-refractivity contribution in [3.63, 3.8) is 0 Å². The molecule has 2 aromatic carbocycles. The van der Waals surface area contributed by atoms with E-state index in [1.165, 1.54) is 12.1 Å². The molecule has 0 spiro atoms. The number of nitrogens with zero attached hydrogens (tertiary/aromatic N) is 2. The van der Waals surface area contributed by atoms with Gasteiger partial charge < -0.3 is 25.0 Å². The third-order valence-electron chi connectivity index (χ3n) is 4.57. The quantitative estimate of drug-likeness (QED) is 0.457. The Morgan fingerprint density at radius 2 is 1.85 bits per heavy atom. The van der Waals surface area contributed by atoms with Gasteiger partial charge in [-0.05, 0) is 42.5 Å². The fourth-order valence-electron chi connectivity index (χ4n) is 2.75. The van der Waals surface area contributed by atoms with Crippen molar-refractivity contribution in [3.05, 3.63) is 60.0 Å². The van der Waals surface area contributed by atoms with Crippen LogP contribution in [0.15, 0.2) is 53.1 Å². The lowest BCUT2D eigenvalue weighted by Gasteiger charge is -2.15. The molecule has 11 heteroatoms. The van der Waals surface area contributed by atoms with E-state index in [1.54, 1.807) is 24.3 Å². The fraction of sp³-hybridized carbons (Fsp3) is 0.348. The van der Waals surface area contributed by atoms with E-state index in [9.17, 15) is 23.1 Å². The first-order chi connectivity index (χ1) is 15.9. The van der Waals surface area contributed by atoms with Gasteiger partial charge in [-0.25, -0.2) is 4.79 Å². The minimum Gasteiger partial charge on any atom is -0.491 e. The predicted molar refractivity (Wildman–Crippen MR) is 118 cm³/mol. The molecule has 0 bridgehead atoms. The molecule has 1 heterocycles. The van der Waals surface area contributed by atoms with E-state index in [0.29, 0.717) is 23.0 Å². The number of aliphatic hydroxyl groups is 1. The van der Waals surface area contributed by atoms with E-state index in [1.807, 2.05) is 20.8 Å². The minimum absolute atomic E-state index is 0.0327. The molecule has 0 aliphatic rings. The number of ether oxygens (including phenoxy) is 1. The van der Waals surface area contributed by atoms with Crippen molar-refractivity contribution in [2.24, 2.45) is 0 Å². The average molecular weight is 478 g/mol. The second kappa shape index (κ2) is 10.1. The van der Waals surface area contributed by atoms with Gasteiger partial charge in [0.05, 0.1) is 5.56 Å². The number of rotatable bonds is 7. The highest BCUT2D eigenvalue weighted by atomic mass is 19.4. The Kier molecular flexibility index (Phi) is 7.45. The van der Waals surface area contributed by atoms with Crippen molar-refractivity contribution in [1.29, 1.82) is 0 Å². The molecule has 182 valence electrons. The molecule has 1 atom stereocenters. The highest BCUT2D eigenvalue weighted by Gasteiger charge is 2.30. The molecular weight excluding hydrogens is 453 g/mol. The van der Waals surface area contributed by atoms with Gasteiger partial charge in [-0.2, -0.15) is 18.2 Å². The molecule has 34 heavy (non-hydrogen) atoms. The lowest BCUT2D eigenvalue weighted by atomic mass is 9.97. The highest BCUT2D eigenvalue weighted by molar-refractivity contribution is 5.89. The number of alkyl halides is 3. The molecule has 8 nitrogen and oxygen atoms in total. The molecule has 1 unspecified atom stereocenters. The Balaban J connectivity index is 1.45. The molecule has 2 amide bonds. The maximum Gasteiger partial charge on any atom is 0.416 e. The molecule has 0 saturated carbocycles. The average Bonchev–Trinajstić information content (AvgIpc) is 3.27. The van der Waals surface area contributed by atoms with Crippen LogP contribution in [-0.4, -0.2) is 40.5 Å². The van der Waals surface area contributed by atoms with Crippen LogP contribution < -0.4 is 15.4 Å². The monoisotopic (exact) mass is 478 g/mol. The van der Waals surface area contributed by atoms with Crippen LogP contribution in [-0.2, 0) is 11.6 Å². The third-order valence-corrected chi connectivity index (χ3v) is 4.57. The molecule has 0 aliphatic heterocycles. The molecule has 3 aromatic rings. The topological polar surface area (TPSA) is 110 Å². The van der Waals surface area contributed by atoms with Gasteiger partial charge in [0, 0.05) is 23.2 Å². The summed E-state index contributed by atoms with van der Waals surface area (Å²) in [5, 5.41) is 19.0. The zero-order valence-corrected chi connectivity index (χ0v) is 18.8. The van der Waals surface area contributed by atoms with Crippen LogP contribution in [0.1, 0.15) is 32.2 Å². The summed E-state index contributed by atoms with van der Waals surface area (Å²) in [5.74, 6) is 0.916. The van der Waals surface area contributed by atoms with Crippen molar-refractivity contribution in [1.82, 2.24) is 15.5 Å². The number of halogens is 3. The standard InChI is InChI=1S/C23H25F3N4O4/c1-22(2,3)20-29-19(30-34-20)14-7-9-16(10-8-14)28-21(32)27-12-17(31)13-33-18-6-4-5-15(11-18)23(24,25)26/h4-11,17,31H,12-13H2,1-3H3,(H2,27,28,32). The molecule has 0 fully saturated rings. The van der Waals surface area contributed by atoms with Crippen LogP contribution in [0, 0.1) is 0 Å². The number of urea groups is 1. The maximum absolute atomic E-state index is 12.7. The number of carbonyl (C=O) groups is 1.